The molecule has 0 amide bonds. The Morgan fingerprint density at radius 2 is 2.24 bits per heavy atom. The van der Waals surface area contributed by atoms with Gasteiger partial charge in [-0.05, 0) is 26.7 Å². The van der Waals surface area contributed by atoms with Crippen molar-refractivity contribution in [3.63, 3.8) is 0 Å². The van der Waals surface area contributed by atoms with E-state index in [1.54, 1.807) is 0 Å². The molecule has 1 fully saturated rings. The highest BCUT2D eigenvalue weighted by Crippen LogP contribution is 2.26. The minimum absolute atomic E-state index is 0.158. The van der Waals surface area contributed by atoms with Crippen molar-refractivity contribution in [1.82, 2.24) is 0 Å². The van der Waals surface area contributed by atoms with Gasteiger partial charge in [0.1, 0.15) is 0 Å². The fraction of sp³-hybridized carbons (Fsp3) is 0.667. The molecule has 17 heavy (non-hydrogen) atoms. The maximum Gasteiger partial charge on any atom is 0.347 e. The Kier molecular flexibility index (Phi) is 4.28. The number of rotatable bonds is 5. The van der Waals surface area contributed by atoms with Crippen LogP contribution in [0.4, 0.5) is 0 Å². The van der Waals surface area contributed by atoms with Crippen molar-refractivity contribution in [1.29, 1.82) is 0 Å². The number of carboxylic acid groups (broad SMARTS) is 1. The molecule has 0 aromatic carbocycles. The highest BCUT2D eigenvalue weighted by molar-refractivity contribution is 5.90. The third-order valence-corrected chi connectivity index (χ3v) is 2.76. The van der Waals surface area contributed by atoms with Crippen molar-refractivity contribution >= 4 is 11.9 Å². The maximum absolute atomic E-state index is 11.4. The second-order valence-corrected chi connectivity index (χ2v) is 4.55. The van der Waals surface area contributed by atoms with E-state index in [1.807, 2.05) is 0 Å². The number of aliphatic carboxylic acids is 1. The van der Waals surface area contributed by atoms with Crippen LogP contribution in [0.15, 0.2) is 12.2 Å². The van der Waals surface area contributed by atoms with Gasteiger partial charge in [0.05, 0.1) is 6.10 Å². The first-order valence-electron chi connectivity index (χ1n) is 5.59. The molecule has 0 bridgehead atoms. The molecule has 0 saturated carbocycles. The zero-order valence-corrected chi connectivity index (χ0v) is 10.2. The number of carboxylic acids is 1. The van der Waals surface area contributed by atoms with E-state index in [2.05, 4.69) is 6.58 Å². The summed E-state index contributed by atoms with van der Waals surface area (Å²) in [5.41, 5.74) is -1.37. The van der Waals surface area contributed by atoms with Crippen LogP contribution < -0.4 is 0 Å². The van der Waals surface area contributed by atoms with E-state index in [4.69, 9.17) is 14.6 Å². The molecule has 2 atom stereocenters. The van der Waals surface area contributed by atoms with Gasteiger partial charge in [0, 0.05) is 18.6 Å². The summed E-state index contributed by atoms with van der Waals surface area (Å²) in [5.74, 6) is -1.85. The molecule has 1 aliphatic heterocycles. The summed E-state index contributed by atoms with van der Waals surface area (Å²) in [6, 6.07) is 0. The van der Waals surface area contributed by atoms with Crippen molar-refractivity contribution < 1.29 is 24.2 Å². The number of hydrogen-bond acceptors (Lipinski definition) is 4. The van der Waals surface area contributed by atoms with Crippen LogP contribution in [0.1, 0.15) is 33.1 Å². The van der Waals surface area contributed by atoms with E-state index >= 15 is 0 Å². The second-order valence-electron chi connectivity index (χ2n) is 4.55. The summed E-state index contributed by atoms with van der Waals surface area (Å²) >= 11 is 0. The molecular weight excluding hydrogens is 224 g/mol. The SMILES string of the molecule is C=C(C)C(=O)OC(C)(CC1CCCO1)C(=O)O. The summed E-state index contributed by atoms with van der Waals surface area (Å²) < 4.78 is 10.4. The molecule has 1 rings (SSSR count). The molecule has 0 spiro atoms. The quantitative estimate of drug-likeness (QED) is 0.584. The Balaban J connectivity index is 2.70. The van der Waals surface area contributed by atoms with Crippen molar-refractivity contribution in [3.05, 3.63) is 12.2 Å². The van der Waals surface area contributed by atoms with Crippen LogP contribution in [0.25, 0.3) is 0 Å². The minimum atomic E-state index is -1.55. The predicted molar refractivity (Wildman–Crippen MR) is 60.5 cm³/mol. The lowest BCUT2D eigenvalue weighted by molar-refractivity contribution is -0.177. The van der Waals surface area contributed by atoms with Gasteiger partial charge in [-0.15, -0.1) is 0 Å². The first-order chi connectivity index (χ1) is 7.85. The van der Waals surface area contributed by atoms with Gasteiger partial charge in [-0.3, -0.25) is 0 Å². The lowest BCUT2D eigenvalue weighted by Crippen LogP contribution is -2.43. The summed E-state index contributed by atoms with van der Waals surface area (Å²) in [6.45, 7) is 6.93. The van der Waals surface area contributed by atoms with E-state index in [1.165, 1.54) is 13.8 Å². The molecule has 0 radical (unpaired) electrons. The van der Waals surface area contributed by atoms with Gasteiger partial charge in [0.15, 0.2) is 0 Å². The van der Waals surface area contributed by atoms with Gasteiger partial charge in [-0.25, -0.2) is 9.59 Å². The van der Waals surface area contributed by atoms with Gasteiger partial charge in [0.2, 0.25) is 5.60 Å². The van der Waals surface area contributed by atoms with E-state index in [-0.39, 0.29) is 18.1 Å². The summed E-state index contributed by atoms with van der Waals surface area (Å²) in [5, 5.41) is 9.16. The lowest BCUT2D eigenvalue weighted by Gasteiger charge is -2.27. The number of carbonyl (C=O) groups excluding carboxylic acids is 1. The fourth-order valence-electron chi connectivity index (χ4n) is 1.70. The van der Waals surface area contributed by atoms with E-state index < -0.39 is 17.5 Å². The molecular formula is C12H18O5. The zero-order chi connectivity index (χ0) is 13.1. The number of ether oxygens (including phenoxy) is 2. The van der Waals surface area contributed by atoms with Crippen molar-refractivity contribution in [2.24, 2.45) is 0 Å². The van der Waals surface area contributed by atoms with Crippen LogP contribution in [0.2, 0.25) is 0 Å². The number of hydrogen-bond donors (Lipinski definition) is 1. The maximum atomic E-state index is 11.4. The first-order valence-corrected chi connectivity index (χ1v) is 5.59. The van der Waals surface area contributed by atoms with E-state index in [0.29, 0.717) is 6.61 Å². The van der Waals surface area contributed by atoms with Crippen LogP contribution in [-0.4, -0.2) is 35.4 Å². The van der Waals surface area contributed by atoms with E-state index in [0.717, 1.165) is 12.8 Å². The van der Waals surface area contributed by atoms with Crippen molar-refractivity contribution in [3.8, 4) is 0 Å². The van der Waals surface area contributed by atoms with Crippen LogP contribution in [-0.2, 0) is 19.1 Å². The van der Waals surface area contributed by atoms with Crippen LogP contribution in [0, 0.1) is 0 Å². The lowest BCUT2D eigenvalue weighted by atomic mass is 9.96. The van der Waals surface area contributed by atoms with Gasteiger partial charge < -0.3 is 14.6 Å². The van der Waals surface area contributed by atoms with Gasteiger partial charge in [-0.1, -0.05) is 6.58 Å². The molecule has 0 aromatic rings. The molecule has 1 saturated heterocycles. The summed E-state index contributed by atoms with van der Waals surface area (Å²) in [4.78, 5) is 22.6. The fourth-order valence-corrected chi connectivity index (χ4v) is 1.70. The van der Waals surface area contributed by atoms with Crippen LogP contribution >= 0.6 is 0 Å². The molecule has 1 heterocycles. The van der Waals surface area contributed by atoms with Gasteiger partial charge in [0.25, 0.3) is 0 Å². The normalized spacial score (nSPS) is 22.8. The smallest absolute Gasteiger partial charge is 0.347 e. The molecule has 1 aliphatic rings. The zero-order valence-electron chi connectivity index (χ0n) is 10.2. The molecule has 5 heteroatoms. The minimum Gasteiger partial charge on any atom is -0.478 e. The number of carbonyl (C=O) groups is 2. The molecule has 96 valence electrons. The van der Waals surface area contributed by atoms with E-state index in [9.17, 15) is 9.59 Å². The standard InChI is InChI=1S/C12H18O5/c1-8(2)10(13)17-12(3,11(14)15)7-9-5-4-6-16-9/h9H,1,4-7H2,2-3H3,(H,14,15). The number of esters is 1. The highest BCUT2D eigenvalue weighted by Gasteiger charge is 2.41. The molecule has 1 N–H and O–H groups in total. The Morgan fingerprint density at radius 3 is 2.65 bits per heavy atom. The topological polar surface area (TPSA) is 72.8 Å². The highest BCUT2D eigenvalue weighted by atomic mass is 16.6. The van der Waals surface area contributed by atoms with Gasteiger partial charge in [-0.2, -0.15) is 0 Å². The summed E-state index contributed by atoms with van der Waals surface area (Å²) in [6.07, 6.45) is 1.72. The largest absolute Gasteiger partial charge is 0.478 e. The summed E-state index contributed by atoms with van der Waals surface area (Å²) in [7, 11) is 0. The van der Waals surface area contributed by atoms with Crippen molar-refractivity contribution in [2.45, 2.75) is 44.8 Å². The average molecular weight is 242 g/mol. The molecule has 5 nitrogen and oxygen atoms in total. The third kappa shape index (κ3) is 3.56. The Hall–Kier alpha value is -1.36. The molecule has 0 aromatic heterocycles. The Labute approximate surface area is 100 Å². The Bertz CT molecular complexity index is 330. The third-order valence-electron chi connectivity index (χ3n) is 2.76. The molecule has 2 unspecified atom stereocenters. The Morgan fingerprint density at radius 1 is 1.59 bits per heavy atom. The average Bonchev–Trinajstić information content (AvgIpc) is 2.69. The van der Waals surface area contributed by atoms with Gasteiger partial charge >= 0.3 is 11.9 Å². The predicted octanol–water partition coefficient (Wildman–Crippen LogP) is 1.52. The molecule has 0 aliphatic carbocycles. The first kappa shape index (κ1) is 13.7. The second kappa shape index (κ2) is 5.31. The van der Waals surface area contributed by atoms with Crippen molar-refractivity contribution in [2.75, 3.05) is 6.61 Å². The monoisotopic (exact) mass is 242 g/mol. The van der Waals surface area contributed by atoms with Crippen LogP contribution in [0.5, 0.6) is 0 Å². The van der Waals surface area contributed by atoms with Crippen LogP contribution in [0.3, 0.4) is 0 Å².